The van der Waals surface area contributed by atoms with Crippen LogP contribution in [-0.4, -0.2) is 36.4 Å². The number of imidazole rings is 1. The molecule has 2 heterocycles. The molecule has 1 aromatic carbocycles. The molecule has 0 radical (unpaired) electrons. The van der Waals surface area contributed by atoms with Gasteiger partial charge in [0.2, 0.25) is 0 Å². The third kappa shape index (κ3) is 1.98. The van der Waals surface area contributed by atoms with Gasteiger partial charge in [-0.2, -0.15) is 0 Å². The predicted octanol–water partition coefficient (Wildman–Crippen LogP) is 1.59. The summed E-state index contributed by atoms with van der Waals surface area (Å²) in [4.78, 5) is 4.83. The van der Waals surface area contributed by atoms with Gasteiger partial charge in [-0.15, -0.1) is 0 Å². The number of fused-ring (bicyclic) bond motifs is 1. The van der Waals surface area contributed by atoms with Gasteiger partial charge in [0, 0.05) is 38.3 Å². The highest BCUT2D eigenvalue weighted by atomic mass is 16.5. The molecule has 20 heavy (non-hydrogen) atoms. The Morgan fingerprint density at radius 1 is 1.40 bits per heavy atom. The Balaban J connectivity index is 2.12. The van der Waals surface area contributed by atoms with Crippen molar-refractivity contribution in [1.29, 1.82) is 0 Å². The van der Waals surface area contributed by atoms with Crippen LogP contribution in [0.1, 0.15) is 18.7 Å². The molecule has 0 saturated carbocycles. The summed E-state index contributed by atoms with van der Waals surface area (Å²) in [6.45, 7) is 2.11. The summed E-state index contributed by atoms with van der Waals surface area (Å²) in [6.07, 6.45) is 1.86. The van der Waals surface area contributed by atoms with Crippen LogP contribution in [-0.2, 0) is 17.2 Å². The zero-order chi connectivity index (χ0) is 14.2. The smallest absolute Gasteiger partial charge is 0.121 e. The largest absolute Gasteiger partial charge is 0.497 e. The van der Waals surface area contributed by atoms with Gasteiger partial charge in [0.1, 0.15) is 11.6 Å². The van der Waals surface area contributed by atoms with Gasteiger partial charge < -0.3 is 19.8 Å². The highest BCUT2D eigenvalue weighted by Crippen LogP contribution is 2.35. The average Bonchev–Trinajstić information content (AvgIpc) is 2.85. The minimum absolute atomic E-state index is 0.0702. The number of benzene rings is 1. The van der Waals surface area contributed by atoms with Gasteiger partial charge in [-0.3, -0.25) is 0 Å². The van der Waals surface area contributed by atoms with Crippen molar-refractivity contribution in [3.05, 3.63) is 24.0 Å². The van der Waals surface area contributed by atoms with E-state index in [-0.39, 0.29) is 5.41 Å². The number of ether oxygens (including phenoxy) is 2. The van der Waals surface area contributed by atoms with E-state index in [1.807, 2.05) is 18.2 Å². The Bertz CT molecular complexity index is 615. The normalized spacial score (nSPS) is 18.4. The van der Waals surface area contributed by atoms with Crippen LogP contribution in [0, 0.1) is 0 Å². The van der Waals surface area contributed by atoms with Crippen molar-refractivity contribution in [3.8, 4) is 5.75 Å². The molecular weight excluding hydrogens is 254 g/mol. The van der Waals surface area contributed by atoms with E-state index >= 15 is 0 Å². The number of nitrogens with zero attached hydrogens (tertiary/aromatic N) is 2. The van der Waals surface area contributed by atoms with Crippen LogP contribution in [0.25, 0.3) is 11.0 Å². The molecule has 0 amide bonds. The topological polar surface area (TPSA) is 62.3 Å². The summed E-state index contributed by atoms with van der Waals surface area (Å²) in [6, 6.07) is 5.99. The standard InChI is InChI=1S/C15H21N3O2/c1-18-13-4-3-11(19-2)9-12(13)17-14(18)15(10-16)5-7-20-8-6-15/h3-4,9H,5-8,10,16H2,1-2H3. The zero-order valence-corrected chi connectivity index (χ0v) is 12.1. The fourth-order valence-electron chi connectivity index (χ4n) is 3.06. The van der Waals surface area contributed by atoms with Crippen molar-refractivity contribution in [2.45, 2.75) is 18.3 Å². The van der Waals surface area contributed by atoms with Crippen molar-refractivity contribution in [3.63, 3.8) is 0 Å². The SMILES string of the molecule is COc1ccc2c(c1)nc(C1(CN)CCOCC1)n2C. The second-order valence-corrected chi connectivity index (χ2v) is 5.45. The Morgan fingerprint density at radius 2 is 2.15 bits per heavy atom. The predicted molar refractivity (Wildman–Crippen MR) is 78.1 cm³/mol. The maximum Gasteiger partial charge on any atom is 0.121 e. The maximum atomic E-state index is 6.08. The molecule has 1 aliphatic rings. The van der Waals surface area contributed by atoms with E-state index in [9.17, 15) is 0 Å². The van der Waals surface area contributed by atoms with E-state index in [0.717, 1.165) is 48.7 Å². The lowest BCUT2D eigenvalue weighted by Gasteiger charge is -2.35. The molecular formula is C15H21N3O2. The summed E-state index contributed by atoms with van der Waals surface area (Å²) in [5, 5.41) is 0. The van der Waals surface area contributed by atoms with Crippen molar-refractivity contribution in [2.75, 3.05) is 26.9 Å². The van der Waals surface area contributed by atoms with Crippen molar-refractivity contribution in [2.24, 2.45) is 12.8 Å². The number of rotatable bonds is 3. The van der Waals surface area contributed by atoms with Crippen LogP contribution < -0.4 is 10.5 Å². The lowest BCUT2D eigenvalue weighted by Crippen LogP contribution is -2.42. The molecule has 5 nitrogen and oxygen atoms in total. The Hall–Kier alpha value is -1.59. The maximum absolute atomic E-state index is 6.08. The Labute approximate surface area is 118 Å². The first-order chi connectivity index (χ1) is 9.70. The summed E-state index contributed by atoms with van der Waals surface area (Å²) < 4.78 is 12.9. The zero-order valence-electron chi connectivity index (χ0n) is 12.1. The third-order valence-corrected chi connectivity index (χ3v) is 4.40. The summed E-state index contributed by atoms with van der Waals surface area (Å²) in [7, 11) is 3.73. The first-order valence-electron chi connectivity index (χ1n) is 6.99. The molecule has 0 spiro atoms. The molecule has 1 aromatic heterocycles. The van der Waals surface area contributed by atoms with Gasteiger partial charge in [0.15, 0.2) is 0 Å². The Morgan fingerprint density at radius 3 is 2.80 bits per heavy atom. The highest BCUT2D eigenvalue weighted by molar-refractivity contribution is 5.78. The monoisotopic (exact) mass is 275 g/mol. The van der Waals surface area contributed by atoms with Gasteiger partial charge in [0.05, 0.1) is 18.1 Å². The molecule has 1 fully saturated rings. The van der Waals surface area contributed by atoms with Crippen LogP contribution in [0.4, 0.5) is 0 Å². The summed E-state index contributed by atoms with van der Waals surface area (Å²) >= 11 is 0. The number of aryl methyl sites for hydroxylation is 1. The van der Waals surface area contributed by atoms with Crippen LogP contribution in [0.15, 0.2) is 18.2 Å². The van der Waals surface area contributed by atoms with Crippen LogP contribution in [0.5, 0.6) is 5.75 Å². The van der Waals surface area contributed by atoms with Crippen LogP contribution in [0.2, 0.25) is 0 Å². The molecule has 3 rings (SSSR count). The molecule has 2 N–H and O–H groups in total. The number of nitrogens with two attached hydrogens (primary N) is 1. The van der Waals surface area contributed by atoms with E-state index in [2.05, 4.69) is 11.6 Å². The number of hydrogen-bond acceptors (Lipinski definition) is 4. The third-order valence-electron chi connectivity index (χ3n) is 4.40. The van der Waals surface area contributed by atoms with Gasteiger partial charge in [-0.1, -0.05) is 0 Å². The molecule has 0 unspecified atom stereocenters. The molecule has 1 aliphatic heterocycles. The quantitative estimate of drug-likeness (QED) is 0.924. The van der Waals surface area contributed by atoms with Crippen LogP contribution >= 0.6 is 0 Å². The molecule has 0 bridgehead atoms. The van der Waals surface area contributed by atoms with E-state index < -0.39 is 0 Å². The van der Waals surface area contributed by atoms with Gasteiger partial charge in [-0.05, 0) is 25.0 Å². The lowest BCUT2D eigenvalue weighted by molar-refractivity contribution is 0.0492. The minimum Gasteiger partial charge on any atom is -0.497 e. The fourth-order valence-corrected chi connectivity index (χ4v) is 3.06. The molecule has 5 heteroatoms. The summed E-state index contributed by atoms with van der Waals surface area (Å²) in [5.74, 6) is 1.89. The molecule has 108 valence electrons. The molecule has 1 saturated heterocycles. The number of aromatic nitrogens is 2. The van der Waals surface area contributed by atoms with Crippen molar-refractivity contribution >= 4 is 11.0 Å². The van der Waals surface area contributed by atoms with Gasteiger partial charge in [-0.25, -0.2) is 4.98 Å². The van der Waals surface area contributed by atoms with E-state index in [1.165, 1.54) is 0 Å². The van der Waals surface area contributed by atoms with Crippen molar-refractivity contribution < 1.29 is 9.47 Å². The van der Waals surface area contributed by atoms with E-state index in [4.69, 9.17) is 20.2 Å². The molecule has 0 atom stereocenters. The van der Waals surface area contributed by atoms with Gasteiger partial charge in [0.25, 0.3) is 0 Å². The summed E-state index contributed by atoms with van der Waals surface area (Å²) in [5.41, 5.74) is 8.08. The molecule has 2 aromatic rings. The first-order valence-corrected chi connectivity index (χ1v) is 6.99. The van der Waals surface area contributed by atoms with E-state index in [1.54, 1.807) is 7.11 Å². The van der Waals surface area contributed by atoms with Crippen LogP contribution in [0.3, 0.4) is 0 Å². The number of methoxy groups -OCH3 is 1. The van der Waals surface area contributed by atoms with Crippen molar-refractivity contribution in [1.82, 2.24) is 9.55 Å². The van der Waals surface area contributed by atoms with Gasteiger partial charge >= 0.3 is 0 Å². The second kappa shape index (κ2) is 5.07. The number of hydrogen-bond donors (Lipinski definition) is 1. The minimum atomic E-state index is -0.0702. The molecule has 0 aliphatic carbocycles. The van der Waals surface area contributed by atoms with E-state index in [0.29, 0.717) is 6.54 Å². The second-order valence-electron chi connectivity index (χ2n) is 5.45. The lowest BCUT2D eigenvalue weighted by atomic mass is 9.79. The average molecular weight is 275 g/mol. The first kappa shape index (κ1) is 13.4. The fraction of sp³-hybridized carbons (Fsp3) is 0.533. The Kier molecular flexibility index (Phi) is 3.40. The highest BCUT2D eigenvalue weighted by Gasteiger charge is 2.37.